The number of rotatable bonds is 5. The van der Waals surface area contributed by atoms with Crippen molar-refractivity contribution in [2.45, 2.75) is 39.2 Å². The molecule has 2 N–H and O–H groups in total. The number of likely N-dealkylation sites (tertiary alicyclic amines) is 1. The fourth-order valence-electron chi connectivity index (χ4n) is 3.08. The van der Waals surface area contributed by atoms with Crippen LogP contribution in [-0.2, 0) is 4.74 Å². The summed E-state index contributed by atoms with van der Waals surface area (Å²) in [6.07, 6.45) is 3.87. The number of hydrogen-bond acceptors (Lipinski definition) is 3. The maximum absolute atomic E-state index is 6.13. The summed E-state index contributed by atoms with van der Waals surface area (Å²) in [5, 5.41) is 0. The van der Waals surface area contributed by atoms with E-state index < -0.39 is 0 Å². The van der Waals surface area contributed by atoms with Crippen molar-refractivity contribution >= 4 is 29.9 Å². The maximum atomic E-state index is 6.13. The van der Waals surface area contributed by atoms with Gasteiger partial charge < -0.3 is 15.4 Å². The molecule has 21 heavy (non-hydrogen) atoms. The lowest BCUT2D eigenvalue weighted by atomic mass is 10.0. The molecule has 0 aliphatic carbocycles. The summed E-state index contributed by atoms with van der Waals surface area (Å²) in [6.45, 7) is 11.1. The molecule has 2 fully saturated rings. The number of nitrogens with two attached hydrogens (primary N) is 1. The highest BCUT2D eigenvalue weighted by atomic mass is 127. The van der Waals surface area contributed by atoms with E-state index in [2.05, 4.69) is 28.6 Å². The lowest BCUT2D eigenvalue weighted by molar-refractivity contribution is 0.0673. The smallest absolute Gasteiger partial charge is 0.191 e. The van der Waals surface area contributed by atoms with Crippen LogP contribution in [0.15, 0.2) is 4.99 Å². The van der Waals surface area contributed by atoms with E-state index in [-0.39, 0.29) is 24.0 Å². The Labute approximate surface area is 146 Å². The Morgan fingerprint density at radius 1 is 1.14 bits per heavy atom. The first-order valence-corrected chi connectivity index (χ1v) is 8.03. The highest BCUT2D eigenvalue weighted by Gasteiger charge is 2.23. The first kappa shape index (κ1) is 19.0. The van der Waals surface area contributed by atoms with Crippen LogP contribution in [0.2, 0.25) is 0 Å². The molecule has 0 bridgehead atoms. The van der Waals surface area contributed by atoms with E-state index in [1.807, 2.05) is 0 Å². The molecule has 2 aliphatic heterocycles. The topological polar surface area (TPSA) is 54.1 Å². The lowest BCUT2D eigenvalue weighted by Gasteiger charge is -2.30. The number of halogens is 1. The number of hydrogen-bond donors (Lipinski definition) is 1. The van der Waals surface area contributed by atoms with Gasteiger partial charge in [0.15, 0.2) is 5.96 Å². The van der Waals surface area contributed by atoms with E-state index in [9.17, 15) is 0 Å². The molecule has 2 heterocycles. The van der Waals surface area contributed by atoms with Gasteiger partial charge in [0.05, 0.1) is 19.8 Å². The van der Waals surface area contributed by atoms with Crippen molar-refractivity contribution in [2.75, 3.05) is 45.9 Å². The van der Waals surface area contributed by atoms with Crippen LogP contribution < -0.4 is 5.73 Å². The third-order valence-electron chi connectivity index (χ3n) is 4.20. The average Bonchev–Trinajstić information content (AvgIpc) is 2.97. The fraction of sp³-hybridized carbons (Fsp3) is 0.933. The quantitative estimate of drug-likeness (QED) is 0.427. The minimum atomic E-state index is 0. The second-order valence-corrected chi connectivity index (χ2v) is 6.32. The van der Waals surface area contributed by atoms with Gasteiger partial charge in [-0.25, -0.2) is 0 Å². The minimum Gasteiger partial charge on any atom is -0.378 e. The molecule has 0 saturated carbocycles. The van der Waals surface area contributed by atoms with Gasteiger partial charge in [-0.1, -0.05) is 13.8 Å². The predicted molar refractivity (Wildman–Crippen MR) is 98.3 cm³/mol. The van der Waals surface area contributed by atoms with Gasteiger partial charge in [-0.2, -0.15) is 0 Å². The van der Waals surface area contributed by atoms with E-state index in [0.29, 0.717) is 17.9 Å². The van der Waals surface area contributed by atoms with Crippen molar-refractivity contribution in [1.82, 2.24) is 9.80 Å². The molecule has 2 saturated heterocycles. The first-order chi connectivity index (χ1) is 9.66. The van der Waals surface area contributed by atoms with E-state index >= 15 is 0 Å². The lowest BCUT2D eigenvalue weighted by Crippen LogP contribution is -2.45. The number of ether oxygens (including phenoxy) is 1. The highest BCUT2D eigenvalue weighted by Crippen LogP contribution is 2.18. The standard InChI is InChI=1S/C15H30N4O.HI/c1-13(2)11-14(18-5-3-4-6-18)12-17-15(16)19-7-9-20-10-8-19;/h13-14H,3-12H2,1-2H3,(H2,16,17);1H. The molecule has 2 rings (SSSR count). The number of guanidine groups is 1. The number of morpholine rings is 1. The Morgan fingerprint density at radius 2 is 1.76 bits per heavy atom. The zero-order valence-corrected chi connectivity index (χ0v) is 15.8. The van der Waals surface area contributed by atoms with Crippen LogP contribution in [0.1, 0.15) is 33.1 Å². The van der Waals surface area contributed by atoms with Crippen LogP contribution in [0.25, 0.3) is 0 Å². The van der Waals surface area contributed by atoms with Crippen LogP contribution in [0, 0.1) is 5.92 Å². The largest absolute Gasteiger partial charge is 0.378 e. The second kappa shape index (κ2) is 9.84. The first-order valence-electron chi connectivity index (χ1n) is 8.03. The van der Waals surface area contributed by atoms with Crippen molar-refractivity contribution in [1.29, 1.82) is 0 Å². The van der Waals surface area contributed by atoms with Crippen molar-refractivity contribution in [2.24, 2.45) is 16.6 Å². The summed E-state index contributed by atoms with van der Waals surface area (Å²) in [4.78, 5) is 9.40. The molecule has 0 spiro atoms. The van der Waals surface area contributed by atoms with Crippen LogP contribution in [0.5, 0.6) is 0 Å². The Hall–Kier alpha value is -0.0800. The monoisotopic (exact) mass is 410 g/mol. The van der Waals surface area contributed by atoms with E-state index in [0.717, 1.165) is 32.8 Å². The van der Waals surface area contributed by atoms with Crippen LogP contribution in [0.3, 0.4) is 0 Å². The third kappa shape index (κ3) is 6.28. The van der Waals surface area contributed by atoms with Crippen LogP contribution in [0.4, 0.5) is 0 Å². The van der Waals surface area contributed by atoms with Gasteiger partial charge >= 0.3 is 0 Å². The second-order valence-electron chi connectivity index (χ2n) is 6.32. The summed E-state index contributed by atoms with van der Waals surface area (Å²) in [5.41, 5.74) is 6.13. The normalized spacial score (nSPS) is 22.4. The zero-order chi connectivity index (χ0) is 14.4. The Bertz CT molecular complexity index is 313. The molecule has 5 nitrogen and oxygen atoms in total. The molecule has 0 aromatic rings. The van der Waals surface area contributed by atoms with Crippen LogP contribution in [-0.4, -0.2) is 67.7 Å². The maximum Gasteiger partial charge on any atom is 0.191 e. The summed E-state index contributed by atoms with van der Waals surface area (Å²) in [6, 6.07) is 0.553. The van der Waals surface area contributed by atoms with Gasteiger partial charge in [0.25, 0.3) is 0 Å². The minimum absolute atomic E-state index is 0. The van der Waals surface area contributed by atoms with Crippen molar-refractivity contribution in [3.05, 3.63) is 0 Å². The predicted octanol–water partition coefficient (Wildman–Crippen LogP) is 1.76. The molecular formula is C15H31IN4O. The molecule has 0 radical (unpaired) electrons. The van der Waals surface area contributed by atoms with Crippen molar-refractivity contribution < 1.29 is 4.74 Å². The van der Waals surface area contributed by atoms with Crippen molar-refractivity contribution in [3.63, 3.8) is 0 Å². The molecule has 0 amide bonds. The highest BCUT2D eigenvalue weighted by molar-refractivity contribution is 14.0. The van der Waals surface area contributed by atoms with Crippen LogP contribution >= 0.6 is 24.0 Å². The number of nitrogens with zero attached hydrogens (tertiary/aromatic N) is 3. The van der Waals surface area contributed by atoms with E-state index in [1.165, 1.54) is 32.4 Å². The molecular weight excluding hydrogens is 379 g/mol. The van der Waals surface area contributed by atoms with E-state index in [1.54, 1.807) is 0 Å². The molecule has 124 valence electrons. The Balaban J connectivity index is 0.00000220. The molecule has 0 aromatic heterocycles. The van der Waals surface area contributed by atoms with E-state index in [4.69, 9.17) is 10.5 Å². The van der Waals surface area contributed by atoms with Gasteiger partial charge in [-0.3, -0.25) is 9.89 Å². The zero-order valence-electron chi connectivity index (χ0n) is 13.5. The fourth-order valence-corrected chi connectivity index (χ4v) is 3.08. The molecule has 1 atom stereocenters. The molecule has 2 aliphatic rings. The van der Waals surface area contributed by atoms with Gasteiger partial charge in [-0.15, -0.1) is 24.0 Å². The summed E-state index contributed by atoms with van der Waals surface area (Å²) >= 11 is 0. The van der Waals surface area contributed by atoms with Gasteiger partial charge in [0, 0.05) is 19.1 Å². The van der Waals surface area contributed by atoms with Crippen molar-refractivity contribution in [3.8, 4) is 0 Å². The van der Waals surface area contributed by atoms with Gasteiger partial charge in [-0.05, 0) is 38.3 Å². The Kier molecular flexibility index (Phi) is 8.89. The SMILES string of the molecule is CC(C)CC(CN=C(N)N1CCOCC1)N1CCCC1.I. The van der Waals surface area contributed by atoms with Gasteiger partial charge in [0.1, 0.15) is 0 Å². The summed E-state index contributed by atoms with van der Waals surface area (Å²) in [5.74, 6) is 1.40. The molecule has 0 aromatic carbocycles. The Morgan fingerprint density at radius 3 is 2.33 bits per heavy atom. The third-order valence-corrected chi connectivity index (χ3v) is 4.20. The summed E-state index contributed by atoms with van der Waals surface area (Å²) < 4.78 is 5.35. The molecule has 1 unspecified atom stereocenters. The summed E-state index contributed by atoms with van der Waals surface area (Å²) in [7, 11) is 0. The van der Waals surface area contributed by atoms with Gasteiger partial charge in [0.2, 0.25) is 0 Å². The average molecular weight is 410 g/mol. The molecule has 6 heteroatoms. The number of aliphatic imine (C=N–C) groups is 1.